The number of hydrogen-bond donors (Lipinski definition) is 0. The number of halogens is 1. The molecule has 3 aromatic rings. The zero-order valence-corrected chi connectivity index (χ0v) is 14.3. The van der Waals surface area contributed by atoms with Crippen LogP contribution < -0.4 is 5.69 Å². The van der Waals surface area contributed by atoms with Gasteiger partial charge in [-0.3, -0.25) is 9.55 Å². The van der Waals surface area contributed by atoms with E-state index < -0.39 is 0 Å². The number of hydrogen-bond acceptors (Lipinski definition) is 3. The SMILES string of the molecule is O=c1n(C2CC(c3cccnc3)C2)nc2n1[C@H](c1ccccc1F)CC2. The number of aryl methyl sites for hydroxylation is 1. The summed E-state index contributed by atoms with van der Waals surface area (Å²) in [6, 6.07) is 10.6. The summed E-state index contributed by atoms with van der Waals surface area (Å²) in [6.45, 7) is 0. The molecule has 1 aliphatic heterocycles. The lowest BCUT2D eigenvalue weighted by molar-refractivity contribution is 0.236. The van der Waals surface area contributed by atoms with Crippen LogP contribution in [0.4, 0.5) is 4.39 Å². The number of fused-ring (bicyclic) bond motifs is 1. The molecular weight excluding hydrogens is 331 g/mol. The highest BCUT2D eigenvalue weighted by molar-refractivity contribution is 5.25. The van der Waals surface area contributed by atoms with Crippen molar-refractivity contribution in [3.8, 4) is 0 Å². The number of benzene rings is 1. The van der Waals surface area contributed by atoms with Gasteiger partial charge >= 0.3 is 5.69 Å². The molecule has 1 fully saturated rings. The van der Waals surface area contributed by atoms with Gasteiger partial charge in [0, 0.05) is 24.4 Å². The molecule has 0 spiro atoms. The van der Waals surface area contributed by atoms with Gasteiger partial charge in [0.15, 0.2) is 0 Å². The van der Waals surface area contributed by atoms with Crippen LogP contribution in [-0.4, -0.2) is 19.3 Å². The summed E-state index contributed by atoms with van der Waals surface area (Å²) in [6.07, 6.45) is 6.89. The summed E-state index contributed by atoms with van der Waals surface area (Å²) < 4.78 is 17.5. The van der Waals surface area contributed by atoms with Gasteiger partial charge in [0.1, 0.15) is 11.6 Å². The molecule has 5 nitrogen and oxygen atoms in total. The predicted octanol–water partition coefficient (Wildman–Crippen LogP) is 3.23. The van der Waals surface area contributed by atoms with Crippen molar-refractivity contribution in [2.45, 2.75) is 43.7 Å². The minimum absolute atomic E-state index is 0.111. The van der Waals surface area contributed by atoms with E-state index in [1.165, 1.54) is 11.6 Å². The van der Waals surface area contributed by atoms with Crippen LogP contribution in [0, 0.1) is 5.82 Å². The maximum absolute atomic E-state index is 14.2. The summed E-state index contributed by atoms with van der Waals surface area (Å²) in [4.78, 5) is 17.1. The van der Waals surface area contributed by atoms with E-state index in [9.17, 15) is 9.18 Å². The van der Waals surface area contributed by atoms with Crippen molar-refractivity contribution in [3.05, 3.63) is 82.0 Å². The average molecular weight is 350 g/mol. The van der Waals surface area contributed by atoms with Gasteiger partial charge in [-0.05, 0) is 42.9 Å². The van der Waals surface area contributed by atoms with Crippen LogP contribution >= 0.6 is 0 Å². The van der Waals surface area contributed by atoms with Crippen molar-refractivity contribution in [3.63, 3.8) is 0 Å². The van der Waals surface area contributed by atoms with E-state index in [1.54, 1.807) is 27.6 Å². The molecule has 2 aliphatic rings. The molecule has 5 rings (SSSR count). The van der Waals surface area contributed by atoms with Crippen molar-refractivity contribution in [1.29, 1.82) is 0 Å². The molecule has 0 saturated heterocycles. The summed E-state index contributed by atoms with van der Waals surface area (Å²) in [7, 11) is 0. The fourth-order valence-electron chi connectivity index (χ4n) is 4.27. The van der Waals surface area contributed by atoms with Crippen LogP contribution in [-0.2, 0) is 6.42 Å². The summed E-state index contributed by atoms with van der Waals surface area (Å²) in [5, 5.41) is 4.57. The first-order valence-corrected chi connectivity index (χ1v) is 9.06. The first kappa shape index (κ1) is 15.5. The smallest absolute Gasteiger partial charge is 0.271 e. The first-order chi connectivity index (χ1) is 12.7. The Balaban J connectivity index is 1.42. The van der Waals surface area contributed by atoms with E-state index in [-0.39, 0.29) is 23.6 Å². The van der Waals surface area contributed by atoms with Gasteiger partial charge in [0.05, 0.1) is 12.1 Å². The molecule has 2 aromatic heterocycles. The largest absolute Gasteiger partial charge is 0.346 e. The van der Waals surface area contributed by atoms with Gasteiger partial charge in [0.25, 0.3) is 0 Å². The van der Waals surface area contributed by atoms with E-state index >= 15 is 0 Å². The Morgan fingerprint density at radius 1 is 1.12 bits per heavy atom. The minimum Gasteiger partial charge on any atom is -0.271 e. The quantitative estimate of drug-likeness (QED) is 0.729. The Bertz CT molecular complexity index is 1000. The van der Waals surface area contributed by atoms with Gasteiger partial charge < -0.3 is 0 Å². The van der Waals surface area contributed by atoms with E-state index in [4.69, 9.17) is 0 Å². The Labute approximate surface area is 150 Å². The van der Waals surface area contributed by atoms with Crippen molar-refractivity contribution < 1.29 is 4.39 Å². The zero-order valence-electron chi connectivity index (χ0n) is 14.3. The molecule has 0 unspecified atom stereocenters. The normalized spacial score (nSPS) is 24.3. The first-order valence-electron chi connectivity index (χ1n) is 9.06. The summed E-state index contributed by atoms with van der Waals surface area (Å²) in [5.41, 5.74) is 1.68. The molecule has 6 heteroatoms. The summed E-state index contributed by atoms with van der Waals surface area (Å²) in [5.74, 6) is 0.942. The van der Waals surface area contributed by atoms with Crippen molar-refractivity contribution in [2.75, 3.05) is 0 Å². The van der Waals surface area contributed by atoms with E-state index in [2.05, 4.69) is 16.1 Å². The lowest BCUT2D eigenvalue weighted by Crippen LogP contribution is -2.35. The van der Waals surface area contributed by atoms with Gasteiger partial charge in [0.2, 0.25) is 0 Å². The molecule has 26 heavy (non-hydrogen) atoms. The van der Waals surface area contributed by atoms with E-state index in [1.807, 2.05) is 18.3 Å². The van der Waals surface area contributed by atoms with Crippen LogP contribution in [0.1, 0.15) is 54.2 Å². The molecule has 0 N–H and O–H groups in total. The Hall–Kier alpha value is -2.76. The van der Waals surface area contributed by atoms with E-state index in [0.29, 0.717) is 17.9 Å². The van der Waals surface area contributed by atoms with Gasteiger partial charge in [-0.2, -0.15) is 5.10 Å². The molecular formula is C20H19FN4O. The fraction of sp³-hybridized carbons (Fsp3) is 0.350. The van der Waals surface area contributed by atoms with Crippen LogP contribution in [0.25, 0.3) is 0 Å². The van der Waals surface area contributed by atoms with E-state index in [0.717, 1.165) is 25.1 Å². The van der Waals surface area contributed by atoms with Gasteiger partial charge in [-0.15, -0.1) is 0 Å². The maximum Gasteiger partial charge on any atom is 0.346 e. The standard InChI is InChI=1S/C20H19FN4O/c21-17-6-2-1-5-16(17)18-7-8-19-23-25(20(26)24(18)19)15-10-14(11-15)13-4-3-9-22-12-13/h1-6,9,12,14-15,18H,7-8,10-11H2/t14?,15?,18-/m0/s1. The second kappa shape index (κ2) is 5.90. The monoisotopic (exact) mass is 350 g/mol. The van der Waals surface area contributed by atoms with Gasteiger partial charge in [-0.1, -0.05) is 24.3 Å². The molecule has 0 amide bonds. The average Bonchev–Trinajstić information content (AvgIpc) is 3.16. The highest BCUT2D eigenvalue weighted by Gasteiger charge is 2.37. The number of aromatic nitrogens is 4. The van der Waals surface area contributed by atoms with Crippen LogP contribution in [0.2, 0.25) is 0 Å². The van der Waals surface area contributed by atoms with Crippen molar-refractivity contribution in [1.82, 2.24) is 19.3 Å². The minimum atomic E-state index is -0.259. The van der Waals surface area contributed by atoms with Crippen LogP contribution in [0.5, 0.6) is 0 Å². The fourth-order valence-corrected chi connectivity index (χ4v) is 4.27. The Morgan fingerprint density at radius 2 is 1.96 bits per heavy atom. The number of pyridine rings is 1. The van der Waals surface area contributed by atoms with Crippen molar-refractivity contribution >= 4 is 0 Å². The molecule has 1 saturated carbocycles. The zero-order chi connectivity index (χ0) is 17.7. The topological polar surface area (TPSA) is 52.7 Å². The molecule has 0 radical (unpaired) electrons. The predicted molar refractivity (Wildman–Crippen MR) is 94.6 cm³/mol. The Kier molecular flexibility index (Phi) is 3.51. The van der Waals surface area contributed by atoms with Crippen LogP contribution in [0.15, 0.2) is 53.6 Å². The molecule has 1 aromatic carbocycles. The molecule has 132 valence electrons. The molecule has 1 atom stereocenters. The molecule has 0 bridgehead atoms. The van der Waals surface area contributed by atoms with Crippen LogP contribution in [0.3, 0.4) is 0 Å². The second-order valence-electron chi connectivity index (χ2n) is 7.20. The molecule has 1 aliphatic carbocycles. The maximum atomic E-state index is 14.2. The highest BCUT2D eigenvalue weighted by atomic mass is 19.1. The van der Waals surface area contributed by atoms with Gasteiger partial charge in [-0.25, -0.2) is 13.9 Å². The number of nitrogens with zero attached hydrogens (tertiary/aromatic N) is 4. The van der Waals surface area contributed by atoms with Crippen molar-refractivity contribution in [2.24, 2.45) is 0 Å². The lowest BCUT2D eigenvalue weighted by Gasteiger charge is -2.34. The third kappa shape index (κ3) is 2.32. The number of rotatable bonds is 3. The Morgan fingerprint density at radius 3 is 2.73 bits per heavy atom. The molecule has 3 heterocycles. The third-order valence-electron chi connectivity index (χ3n) is 5.74. The highest BCUT2D eigenvalue weighted by Crippen LogP contribution is 2.44. The summed E-state index contributed by atoms with van der Waals surface area (Å²) >= 11 is 0. The third-order valence-corrected chi connectivity index (χ3v) is 5.74. The second-order valence-corrected chi connectivity index (χ2v) is 7.20. The lowest BCUT2D eigenvalue weighted by atomic mass is 9.76.